The van der Waals surface area contributed by atoms with Gasteiger partial charge in [0.05, 0.1) is 16.7 Å². The molecule has 0 aliphatic rings. The zero-order chi connectivity index (χ0) is 12.5. The normalized spacial score (nSPS) is 10.9. The van der Waals surface area contributed by atoms with Crippen LogP contribution in [0.25, 0.3) is 0 Å². The summed E-state index contributed by atoms with van der Waals surface area (Å²) in [6.45, 7) is 5.15. The van der Waals surface area contributed by atoms with E-state index in [1.165, 1.54) is 0 Å². The lowest BCUT2D eigenvalue weighted by Crippen LogP contribution is -2.23. The standard InChI is InChI=1S/C10H11N3O3/c1-10(2,3)8-6(4-11)9(14)12-5-7(8)13(15)16/h5H,1-3H3,(H,12,14). The molecule has 0 amide bonds. The van der Waals surface area contributed by atoms with Gasteiger partial charge in [0.15, 0.2) is 0 Å². The second-order valence-corrected chi connectivity index (χ2v) is 4.37. The van der Waals surface area contributed by atoms with Crippen molar-refractivity contribution < 1.29 is 4.92 Å². The largest absolute Gasteiger partial charge is 0.322 e. The molecule has 1 aromatic heterocycles. The fourth-order valence-corrected chi connectivity index (χ4v) is 1.53. The lowest BCUT2D eigenvalue weighted by atomic mass is 9.83. The van der Waals surface area contributed by atoms with Gasteiger partial charge in [-0.2, -0.15) is 5.26 Å². The summed E-state index contributed by atoms with van der Waals surface area (Å²) >= 11 is 0. The van der Waals surface area contributed by atoms with Crippen LogP contribution in [0.2, 0.25) is 0 Å². The highest BCUT2D eigenvalue weighted by Crippen LogP contribution is 2.31. The Labute approximate surface area is 91.7 Å². The van der Waals surface area contributed by atoms with Crippen molar-refractivity contribution in [3.05, 3.63) is 37.8 Å². The third-order valence-corrected chi connectivity index (χ3v) is 2.13. The number of aromatic amines is 1. The SMILES string of the molecule is CC(C)(C)c1c([N+](=O)[O-])c[nH]c(=O)c1C#N. The summed E-state index contributed by atoms with van der Waals surface area (Å²) in [6, 6.07) is 1.72. The van der Waals surface area contributed by atoms with E-state index >= 15 is 0 Å². The lowest BCUT2D eigenvalue weighted by molar-refractivity contribution is -0.386. The molecule has 1 aromatic rings. The number of hydrogen-bond donors (Lipinski definition) is 1. The molecule has 1 N–H and O–H groups in total. The molecule has 1 heterocycles. The summed E-state index contributed by atoms with van der Waals surface area (Å²) in [7, 11) is 0. The zero-order valence-corrected chi connectivity index (χ0v) is 9.20. The molecule has 0 fully saturated rings. The molecule has 6 nitrogen and oxygen atoms in total. The van der Waals surface area contributed by atoms with Crippen LogP contribution in [0.15, 0.2) is 11.0 Å². The molecular formula is C10H11N3O3. The monoisotopic (exact) mass is 221 g/mol. The Bertz CT molecular complexity index is 532. The van der Waals surface area contributed by atoms with Crippen LogP contribution >= 0.6 is 0 Å². The van der Waals surface area contributed by atoms with E-state index in [2.05, 4.69) is 4.98 Å². The molecule has 0 radical (unpaired) electrons. The smallest absolute Gasteiger partial charge is 0.290 e. The highest BCUT2D eigenvalue weighted by atomic mass is 16.6. The first-order chi connectivity index (χ1) is 7.29. The van der Waals surface area contributed by atoms with E-state index in [9.17, 15) is 14.9 Å². The minimum absolute atomic E-state index is 0.170. The van der Waals surface area contributed by atoms with Gasteiger partial charge in [0.2, 0.25) is 0 Å². The van der Waals surface area contributed by atoms with Crippen molar-refractivity contribution in [3.63, 3.8) is 0 Å². The fraction of sp³-hybridized carbons (Fsp3) is 0.400. The van der Waals surface area contributed by atoms with Crippen LogP contribution in [-0.2, 0) is 5.41 Å². The van der Waals surface area contributed by atoms with Gasteiger partial charge in [-0.25, -0.2) is 0 Å². The van der Waals surface area contributed by atoms with Gasteiger partial charge >= 0.3 is 0 Å². The number of H-pyrrole nitrogens is 1. The molecule has 0 aromatic carbocycles. The number of pyridine rings is 1. The van der Waals surface area contributed by atoms with Crippen molar-refractivity contribution in [3.8, 4) is 6.07 Å². The predicted octanol–water partition coefficient (Wildman–Crippen LogP) is 1.45. The van der Waals surface area contributed by atoms with Crippen LogP contribution in [0.5, 0.6) is 0 Å². The highest BCUT2D eigenvalue weighted by molar-refractivity contribution is 5.51. The van der Waals surface area contributed by atoms with Gasteiger partial charge in [0, 0.05) is 0 Å². The molecule has 1 rings (SSSR count). The lowest BCUT2D eigenvalue weighted by Gasteiger charge is -2.19. The van der Waals surface area contributed by atoms with Crippen molar-refractivity contribution in [2.24, 2.45) is 0 Å². The Morgan fingerprint density at radius 1 is 1.50 bits per heavy atom. The maximum atomic E-state index is 11.4. The number of nitrogens with one attached hydrogen (secondary N) is 1. The average molecular weight is 221 g/mol. The van der Waals surface area contributed by atoms with Crippen LogP contribution in [0.1, 0.15) is 31.9 Å². The summed E-state index contributed by atoms with van der Waals surface area (Å²) in [5.74, 6) is 0. The second kappa shape index (κ2) is 3.77. The highest BCUT2D eigenvalue weighted by Gasteiger charge is 2.30. The molecular weight excluding hydrogens is 210 g/mol. The fourth-order valence-electron chi connectivity index (χ4n) is 1.53. The summed E-state index contributed by atoms with van der Waals surface area (Å²) in [5.41, 5.74) is -1.49. The molecule has 16 heavy (non-hydrogen) atoms. The third-order valence-electron chi connectivity index (χ3n) is 2.13. The Balaban J connectivity index is 3.77. The van der Waals surface area contributed by atoms with Crippen molar-refractivity contribution >= 4 is 5.69 Å². The van der Waals surface area contributed by atoms with Crippen molar-refractivity contribution in [1.82, 2.24) is 4.98 Å². The molecule has 0 saturated heterocycles. The van der Waals surface area contributed by atoms with E-state index in [1.54, 1.807) is 26.8 Å². The molecule has 0 saturated carbocycles. The first-order valence-electron chi connectivity index (χ1n) is 4.59. The van der Waals surface area contributed by atoms with Gasteiger partial charge < -0.3 is 4.98 Å². The quantitative estimate of drug-likeness (QED) is 0.572. The van der Waals surface area contributed by atoms with Crippen LogP contribution < -0.4 is 5.56 Å². The molecule has 0 aliphatic heterocycles. The molecule has 0 aliphatic carbocycles. The van der Waals surface area contributed by atoms with Gasteiger partial charge in [0.1, 0.15) is 11.6 Å². The van der Waals surface area contributed by atoms with Gasteiger partial charge in [-0.3, -0.25) is 14.9 Å². The number of nitrogens with zero attached hydrogens (tertiary/aromatic N) is 2. The summed E-state index contributed by atoms with van der Waals surface area (Å²) in [4.78, 5) is 23.8. The third kappa shape index (κ3) is 1.93. The van der Waals surface area contributed by atoms with Crippen molar-refractivity contribution in [1.29, 1.82) is 5.26 Å². The number of hydrogen-bond acceptors (Lipinski definition) is 4. The first-order valence-corrected chi connectivity index (χ1v) is 4.59. The van der Waals surface area contributed by atoms with E-state index in [4.69, 9.17) is 5.26 Å². The molecule has 0 unspecified atom stereocenters. The van der Waals surface area contributed by atoms with Crippen LogP contribution in [0.4, 0.5) is 5.69 Å². The van der Waals surface area contributed by atoms with Crippen LogP contribution in [0.3, 0.4) is 0 Å². The summed E-state index contributed by atoms with van der Waals surface area (Å²) in [6.07, 6.45) is 1.03. The topological polar surface area (TPSA) is 99.8 Å². The van der Waals surface area contributed by atoms with E-state index < -0.39 is 15.9 Å². The molecule has 0 bridgehead atoms. The van der Waals surface area contributed by atoms with Crippen LogP contribution in [0, 0.1) is 21.4 Å². The minimum atomic E-state index is -0.637. The second-order valence-electron chi connectivity index (χ2n) is 4.37. The Kier molecular flexibility index (Phi) is 2.81. The van der Waals surface area contributed by atoms with Crippen molar-refractivity contribution in [2.75, 3.05) is 0 Å². The van der Waals surface area contributed by atoms with Gasteiger partial charge in [0.25, 0.3) is 11.2 Å². The predicted molar refractivity (Wildman–Crippen MR) is 57.1 cm³/mol. The molecule has 6 heteroatoms. The van der Waals surface area contributed by atoms with Gasteiger partial charge in [-0.1, -0.05) is 20.8 Å². The number of rotatable bonds is 1. The Hall–Kier alpha value is -2.16. The summed E-state index contributed by atoms with van der Waals surface area (Å²) in [5, 5.41) is 19.7. The van der Waals surface area contributed by atoms with Crippen LogP contribution in [-0.4, -0.2) is 9.91 Å². The maximum absolute atomic E-state index is 11.4. The maximum Gasteiger partial charge on any atom is 0.290 e. The Morgan fingerprint density at radius 3 is 2.44 bits per heavy atom. The summed E-state index contributed by atoms with van der Waals surface area (Å²) < 4.78 is 0. The first kappa shape index (κ1) is 11.9. The molecule has 84 valence electrons. The minimum Gasteiger partial charge on any atom is -0.322 e. The number of nitriles is 1. The zero-order valence-electron chi connectivity index (χ0n) is 9.20. The average Bonchev–Trinajstić information content (AvgIpc) is 2.15. The van der Waals surface area contributed by atoms with Crippen molar-refractivity contribution in [2.45, 2.75) is 26.2 Å². The van der Waals surface area contributed by atoms with Gasteiger partial charge in [-0.15, -0.1) is 0 Å². The van der Waals surface area contributed by atoms with E-state index in [0.717, 1.165) is 6.20 Å². The van der Waals surface area contributed by atoms with E-state index in [1.807, 2.05) is 0 Å². The Morgan fingerprint density at radius 2 is 2.06 bits per heavy atom. The number of aromatic nitrogens is 1. The molecule has 0 atom stereocenters. The van der Waals surface area contributed by atoms with E-state index in [0.29, 0.717) is 0 Å². The van der Waals surface area contributed by atoms with E-state index in [-0.39, 0.29) is 16.8 Å². The number of nitro groups is 1. The molecule has 0 spiro atoms. The van der Waals surface area contributed by atoms with Gasteiger partial charge in [-0.05, 0) is 5.41 Å².